The molecule has 0 fully saturated rings. The monoisotopic (exact) mass is 761 g/mol. The minimum Gasteiger partial charge on any atom is -0.309 e. The van der Waals surface area contributed by atoms with Gasteiger partial charge in [-0.25, -0.2) is 9.97 Å². The topological polar surface area (TPSA) is 30.7 Å². The normalized spacial score (nSPS) is 11.9. The van der Waals surface area contributed by atoms with Crippen molar-refractivity contribution in [2.45, 2.75) is 0 Å². The van der Waals surface area contributed by atoms with Gasteiger partial charge in [0.25, 0.3) is 0 Å². The van der Waals surface area contributed by atoms with Crippen LogP contribution in [-0.4, -0.2) is 14.5 Å². The lowest BCUT2D eigenvalue weighted by Gasteiger charge is -2.13. The van der Waals surface area contributed by atoms with E-state index in [1.807, 2.05) is 34.8 Å². The van der Waals surface area contributed by atoms with Crippen LogP contribution in [0.4, 0.5) is 0 Å². The molecule has 4 aromatic heterocycles. The molecule has 4 heterocycles. The first-order valence-corrected chi connectivity index (χ1v) is 20.8. The number of aromatic nitrogens is 3. The van der Waals surface area contributed by atoms with Crippen LogP contribution in [0.25, 0.3) is 113 Å². The fraction of sp³-hybridized carbons (Fsp3) is 0. The van der Waals surface area contributed by atoms with Gasteiger partial charge in [0.05, 0.1) is 22.4 Å². The highest BCUT2D eigenvalue weighted by molar-refractivity contribution is 7.27. The molecule has 3 nitrogen and oxygen atoms in total. The second kappa shape index (κ2) is 12.8. The highest BCUT2D eigenvalue weighted by atomic mass is 32.1. The van der Waals surface area contributed by atoms with E-state index in [0.717, 1.165) is 39.3 Å². The Bertz CT molecular complexity index is 3450. The summed E-state index contributed by atoms with van der Waals surface area (Å²) in [4.78, 5) is 10.2. The fourth-order valence-corrected chi connectivity index (χ4v) is 11.0. The van der Waals surface area contributed by atoms with E-state index in [0.29, 0.717) is 5.82 Å². The molecule has 0 saturated carbocycles. The van der Waals surface area contributed by atoms with Crippen LogP contribution in [-0.2, 0) is 0 Å². The minimum absolute atomic E-state index is 0.709. The van der Waals surface area contributed by atoms with Gasteiger partial charge in [0.2, 0.25) is 0 Å². The Hall–Kier alpha value is -6.92. The summed E-state index contributed by atoms with van der Waals surface area (Å²) >= 11 is 3.76. The highest BCUT2D eigenvalue weighted by Crippen LogP contribution is 2.46. The van der Waals surface area contributed by atoms with Crippen molar-refractivity contribution in [3.05, 3.63) is 188 Å². The van der Waals surface area contributed by atoms with Crippen molar-refractivity contribution in [2.24, 2.45) is 0 Å². The Morgan fingerprint density at radius 1 is 0.368 bits per heavy atom. The van der Waals surface area contributed by atoms with Crippen LogP contribution in [0.3, 0.4) is 0 Å². The smallest absolute Gasteiger partial charge is 0.160 e. The number of hydrogen-bond acceptors (Lipinski definition) is 4. The molecule has 12 aromatic rings. The van der Waals surface area contributed by atoms with Gasteiger partial charge >= 0.3 is 0 Å². The molecule has 0 saturated heterocycles. The lowest BCUT2D eigenvalue weighted by atomic mass is 10.00. The van der Waals surface area contributed by atoms with Crippen LogP contribution in [0.2, 0.25) is 0 Å². The zero-order valence-corrected chi connectivity index (χ0v) is 32.2. The Labute approximate surface area is 336 Å². The van der Waals surface area contributed by atoms with Gasteiger partial charge < -0.3 is 4.57 Å². The van der Waals surface area contributed by atoms with E-state index in [4.69, 9.17) is 9.97 Å². The van der Waals surface area contributed by atoms with E-state index in [9.17, 15) is 0 Å². The van der Waals surface area contributed by atoms with E-state index in [2.05, 4.69) is 180 Å². The van der Waals surface area contributed by atoms with Crippen LogP contribution < -0.4 is 0 Å². The molecule has 0 atom stereocenters. The first-order valence-electron chi connectivity index (χ1n) is 19.1. The third-order valence-corrected chi connectivity index (χ3v) is 13.6. The number of hydrogen-bond donors (Lipinski definition) is 0. The molecule has 0 aliphatic rings. The minimum atomic E-state index is 0.709. The summed E-state index contributed by atoms with van der Waals surface area (Å²) in [7, 11) is 0. The predicted molar refractivity (Wildman–Crippen MR) is 244 cm³/mol. The van der Waals surface area contributed by atoms with Crippen molar-refractivity contribution in [1.29, 1.82) is 0 Å². The lowest BCUT2D eigenvalue weighted by Crippen LogP contribution is -1.96. The summed E-state index contributed by atoms with van der Waals surface area (Å²) in [6.07, 6.45) is 0. The van der Waals surface area contributed by atoms with E-state index >= 15 is 0 Å². The standard InChI is InChI=1S/C52H31N3S2/c1-3-13-33(14-4-1)43-31-44(34-15-5-2-6-16-34)54-52(53-43)35-25-23-32(24-26-35)41-29-36(30-42-38-18-9-12-22-48(38)56-50(41)42)55-45-20-10-7-19-40(45)49-46(55)28-27-39-37-17-8-11-21-47(37)57-51(39)49/h1-31H. The summed E-state index contributed by atoms with van der Waals surface area (Å²) in [5, 5.41) is 7.79. The summed E-state index contributed by atoms with van der Waals surface area (Å²) in [5.41, 5.74) is 10.9. The third kappa shape index (κ3) is 5.17. The van der Waals surface area contributed by atoms with Crippen LogP contribution >= 0.6 is 22.7 Å². The van der Waals surface area contributed by atoms with Crippen molar-refractivity contribution in [2.75, 3.05) is 0 Å². The SMILES string of the molecule is c1ccc(-c2cc(-c3ccccc3)nc(-c3ccc(-c4cc(-n5c6ccccc6c6c7sc8ccccc8c7ccc65)cc5c4sc4ccccc45)cc3)n2)cc1. The molecule has 12 rings (SSSR count). The number of rotatable bonds is 5. The zero-order chi connectivity index (χ0) is 37.5. The van der Waals surface area contributed by atoms with Gasteiger partial charge in [-0.1, -0.05) is 146 Å². The number of nitrogens with zero attached hydrogens (tertiary/aromatic N) is 3. The van der Waals surface area contributed by atoms with Gasteiger partial charge in [-0.05, 0) is 48.0 Å². The van der Waals surface area contributed by atoms with Crippen LogP contribution in [0.5, 0.6) is 0 Å². The van der Waals surface area contributed by atoms with Crippen molar-refractivity contribution in [3.8, 4) is 50.7 Å². The maximum atomic E-state index is 5.11. The third-order valence-electron chi connectivity index (χ3n) is 11.2. The molecular formula is C52H31N3S2. The second-order valence-electron chi connectivity index (χ2n) is 14.5. The second-order valence-corrected chi connectivity index (χ2v) is 16.6. The number of thiophene rings is 2. The first-order chi connectivity index (χ1) is 28.2. The van der Waals surface area contributed by atoms with Gasteiger partial charge in [-0.15, -0.1) is 22.7 Å². The molecule has 0 aliphatic heterocycles. The van der Waals surface area contributed by atoms with Gasteiger partial charge in [0.1, 0.15) is 0 Å². The van der Waals surface area contributed by atoms with Crippen LogP contribution in [0.15, 0.2) is 188 Å². The van der Waals surface area contributed by atoms with Crippen molar-refractivity contribution < 1.29 is 0 Å². The fourth-order valence-electron chi connectivity index (χ4n) is 8.56. The largest absolute Gasteiger partial charge is 0.309 e. The van der Waals surface area contributed by atoms with E-state index in [1.165, 1.54) is 67.7 Å². The van der Waals surface area contributed by atoms with E-state index < -0.39 is 0 Å². The first kappa shape index (κ1) is 32.3. The molecule has 0 amide bonds. The Morgan fingerprint density at radius 2 is 0.930 bits per heavy atom. The highest BCUT2D eigenvalue weighted by Gasteiger charge is 2.20. The van der Waals surface area contributed by atoms with Gasteiger partial charge in [0, 0.05) is 79.1 Å². The Balaban J connectivity index is 1.06. The number of para-hydroxylation sites is 1. The molecular weight excluding hydrogens is 731 g/mol. The summed E-state index contributed by atoms with van der Waals surface area (Å²) < 4.78 is 7.72. The molecule has 5 heteroatoms. The Morgan fingerprint density at radius 3 is 1.61 bits per heavy atom. The summed E-state index contributed by atoms with van der Waals surface area (Å²) in [5.74, 6) is 0.709. The molecule has 0 radical (unpaired) electrons. The van der Waals surface area contributed by atoms with Gasteiger partial charge in [-0.3, -0.25) is 0 Å². The van der Waals surface area contributed by atoms with Crippen LogP contribution in [0.1, 0.15) is 0 Å². The molecule has 57 heavy (non-hydrogen) atoms. The molecule has 8 aromatic carbocycles. The molecule has 0 bridgehead atoms. The molecule has 0 spiro atoms. The average molecular weight is 762 g/mol. The van der Waals surface area contributed by atoms with E-state index in [-0.39, 0.29) is 0 Å². The quantitative estimate of drug-likeness (QED) is 0.175. The molecule has 266 valence electrons. The molecule has 0 aliphatic carbocycles. The average Bonchev–Trinajstić information content (AvgIpc) is 3.96. The van der Waals surface area contributed by atoms with Crippen LogP contribution in [0, 0.1) is 0 Å². The van der Waals surface area contributed by atoms with Gasteiger partial charge in [-0.2, -0.15) is 0 Å². The summed E-state index contributed by atoms with van der Waals surface area (Å²) in [6, 6.07) is 67.6. The van der Waals surface area contributed by atoms with E-state index in [1.54, 1.807) is 0 Å². The summed E-state index contributed by atoms with van der Waals surface area (Å²) in [6.45, 7) is 0. The molecule has 0 unspecified atom stereocenters. The predicted octanol–water partition coefficient (Wildman–Crippen LogP) is 15.0. The number of fused-ring (bicyclic) bond motifs is 10. The van der Waals surface area contributed by atoms with Crippen molar-refractivity contribution in [3.63, 3.8) is 0 Å². The zero-order valence-electron chi connectivity index (χ0n) is 30.6. The number of benzene rings is 8. The van der Waals surface area contributed by atoms with Gasteiger partial charge in [0.15, 0.2) is 5.82 Å². The lowest BCUT2D eigenvalue weighted by molar-refractivity contribution is 1.18. The maximum absolute atomic E-state index is 5.11. The van der Waals surface area contributed by atoms with Crippen molar-refractivity contribution in [1.82, 2.24) is 14.5 Å². The maximum Gasteiger partial charge on any atom is 0.160 e. The Kier molecular flexibility index (Phi) is 7.27. The van der Waals surface area contributed by atoms with Crippen molar-refractivity contribution >= 4 is 84.8 Å². The molecule has 0 N–H and O–H groups in total.